The summed E-state index contributed by atoms with van der Waals surface area (Å²) in [7, 11) is 0. The van der Waals surface area contributed by atoms with Crippen LogP contribution in [-0.4, -0.2) is 4.98 Å². The molecule has 0 saturated heterocycles. The van der Waals surface area contributed by atoms with E-state index in [9.17, 15) is 0 Å². The summed E-state index contributed by atoms with van der Waals surface area (Å²) in [4.78, 5) is 7.12. The fourth-order valence-electron chi connectivity index (χ4n) is 7.67. The predicted octanol–water partition coefficient (Wildman–Crippen LogP) is 14.6. The molecule has 0 atom stereocenters. The highest BCUT2D eigenvalue weighted by molar-refractivity contribution is 7.25. The monoisotopic (exact) mass is 710 g/mol. The van der Waals surface area contributed by atoms with Crippen molar-refractivity contribution in [2.45, 2.75) is 0 Å². The number of oxazole rings is 1. The minimum absolute atomic E-state index is 0.605. The van der Waals surface area contributed by atoms with Crippen molar-refractivity contribution in [1.29, 1.82) is 0 Å². The summed E-state index contributed by atoms with van der Waals surface area (Å²) < 4.78 is 15.4. The lowest BCUT2D eigenvalue weighted by atomic mass is 10.0. The van der Waals surface area contributed by atoms with Crippen molar-refractivity contribution in [3.05, 3.63) is 182 Å². The number of benzene rings is 8. The first-order valence-electron chi connectivity index (χ1n) is 18.0. The Morgan fingerprint density at radius 2 is 1.04 bits per heavy atom. The van der Waals surface area contributed by atoms with Crippen molar-refractivity contribution >= 4 is 81.6 Å². The summed E-state index contributed by atoms with van der Waals surface area (Å²) in [6.45, 7) is 0. The highest BCUT2D eigenvalue weighted by atomic mass is 32.1. The standard InChI is InChI=1S/C49H30N2O2S/c1-3-10-31(11-4-1)32-18-22-35(23-19-32)51(37-26-27-47-42(28-37)39-14-7-8-17-46(39)54-47)36-24-20-33(21-25-36)38-15-9-16-40-41-29-45-43(30-44(41)52-48(38)40)50-49(53-45)34-12-5-2-6-13-34/h1-30H. The molecule has 4 nitrogen and oxygen atoms in total. The number of furan rings is 1. The normalized spacial score (nSPS) is 11.7. The number of hydrogen-bond acceptors (Lipinski definition) is 5. The van der Waals surface area contributed by atoms with E-state index in [-0.39, 0.29) is 0 Å². The lowest BCUT2D eigenvalue weighted by Crippen LogP contribution is -2.09. The van der Waals surface area contributed by atoms with Crippen molar-refractivity contribution in [3.63, 3.8) is 0 Å². The third kappa shape index (κ3) is 5.09. The smallest absolute Gasteiger partial charge is 0.227 e. The number of nitrogens with zero attached hydrogens (tertiary/aromatic N) is 2. The van der Waals surface area contributed by atoms with Gasteiger partial charge in [-0.3, -0.25) is 0 Å². The SMILES string of the molecule is c1ccc(-c2ccc(N(c3ccc(-c4cccc5c4oc4cc6nc(-c7ccccc7)oc6cc45)cc3)c3ccc4sc5ccccc5c4c3)cc2)cc1. The highest BCUT2D eigenvalue weighted by Gasteiger charge is 2.18. The van der Waals surface area contributed by atoms with Gasteiger partial charge >= 0.3 is 0 Å². The third-order valence-electron chi connectivity index (χ3n) is 10.3. The number of anilines is 3. The van der Waals surface area contributed by atoms with Crippen LogP contribution in [0.15, 0.2) is 191 Å². The van der Waals surface area contributed by atoms with Gasteiger partial charge in [0.1, 0.15) is 16.7 Å². The van der Waals surface area contributed by atoms with E-state index in [1.165, 1.54) is 31.3 Å². The van der Waals surface area contributed by atoms with Crippen LogP contribution in [0.1, 0.15) is 0 Å². The second-order valence-electron chi connectivity index (χ2n) is 13.6. The molecule has 254 valence electrons. The summed E-state index contributed by atoms with van der Waals surface area (Å²) in [5.41, 5.74) is 11.9. The van der Waals surface area contributed by atoms with Gasteiger partial charge < -0.3 is 13.7 Å². The van der Waals surface area contributed by atoms with Crippen molar-refractivity contribution < 1.29 is 8.83 Å². The molecule has 8 aromatic carbocycles. The van der Waals surface area contributed by atoms with Crippen molar-refractivity contribution in [3.8, 4) is 33.7 Å². The molecule has 0 saturated carbocycles. The summed E-state index contributed by atoms with van der Waals surface area (Å²) in [6, 6.07) is 64.0. The maximum absolute atomic E-state index is 6.60. The quantitative estimate of drug-likeness (QED) is 0.172. The molecular formula is C49H30N2O2S. The Morgan fingerprint density at radius 1 is 0.407 bits per heavy atom. The number of para-hydroxylation sites is 1. The van der Waals surface area contributed by atoms with Crippen LogP contribution in [0.4, 0.5) is 17.1 Å². The van der Waals surface area contributed by atoms with Gasteiger partial charge in [-0.15, -0.1) is 11.3 Å². The van der Waals surface area contributed by atoms with Crippen LogP contribution in [0.2, 0.25) is 0 Å². The Hall–Kier alpha value is -6.95. The van der Waals surface area contributed by atoms with E-state index >= 15 is 0 Å². The zero-order valence-corrected chi connectivity index (χ0v) is 29.8. The molecule has 0 N–H and O–H groups in total. The van der Waals surface area contributed by atoms with Crippen LogP contribution in [-0.2, 0) is 0 Å². The average molecular weight is 711 g/mol. The Labute approximate surface area is 314 Å². The molecule has 11 rings (SSSR count). The van der Waals surface area contributed by atoms with Crippen molar-refractivity contribution in [2.24, 2.45) is 0 Å². The predicted molar refractivity (Wildman–Crippen MR) is 225 cm³/mol. The number of aromatic nitrogens is 1. The molecule has 54 heavy (non-hydrogen) atoms. The molecule has 0 fully saturated rings. The van der Waals surface area contributed by atoms with Crippen LogP contribution >= 0.6 is 11.3 Å². The first-order chi connectivity index (χ1) is 26.7. The van der Waals surface area contributed by atoms with E-state index in [2.05, 4.69) is 150 Å². The number of fused-ring (bicyclic) bond motifs is 7. The maximum Gasteiger partial charge on any atom is 0.227 e. The lowest BCUT2D eigenvalue weighted by molar-refractivity contribution is 0.620. The molecule has 0 bridgehead atoms. The van der Waals surface area contributed by atoms with E-state index in [4.69, 9.17) is 13.8 Å². The van der Waals surface area contributed by atoms with Gasteiger partial charge in [0, 0.05) is 65.2 Å². The van der Waals surface area contributed by atoms with Gasteiger partial charge in [0.05, 0.1) is 0 Å². The molecule has 3 aromatic heterocycles. The van der Waals surface area contributed by atoms with Gasteiger partial charge in [-0.2, -0.15) is 0 Å². The fraction of sp³-hybridized carbons (Fsp3) is 0. The largest absolute Gasteiger partial charge is 0.455 e. The van der Waals surface area contributed by atoms with Crippen LogP contribution in [0.5, 0.6) is 0 Å². The van der Waals surface area contributed by atoms with E-state index in [1.807, 2.05) is 47.7 Å². The average Bonchev–Trinajstić information content (AvgIpc) is 3.94. The maximum atomic E-state index is 6.60. The van der Waals surface area contributed by atoms with E-state index in [1.54, 1.807) is 0 Å². The Morgan fingerprint density at radius 3 is 1.81 bits per heavy atom. The van der Waals surface area contributed by atoms with Crippen molar-refractivity contribution in [2.75, 3.05) is 4.90 Å². The fourth-order valence-corrected chi connectivity index (χ4v) is 8.76. The zero-order valence-electron chi connectivity index (χ0n) is 28.9. The number of rotatable bonds is 6. The van der Waals surface area contributed by atoms with Crippen LogP contribution < -0.4 is 4.90 Å². The molecule has 3 heterocycles. The summed E-state index contributed by atoms with van der Waals surface area (Å²) in [5.74, 6) is 0.605. The lowest BCUT2D eigenvalue weighted by Gasteiger charge is -2.26. The number of hydrogen-bond donors (Lipinski definition) is 0. The van der Waals surface area contributed by atoms with Crippen LogP contribution in [0.25, 0.3) is 86.9 Å². The highest BCUT2D eigenvalue weighted by Crippen LogP contribution is 2.43. The molecule has 0 aliphatic heterocycles. The Balaban J connectivity index is 1.000. The van der Waals surface area contributed by atoms with E-state index in [0.717, 1.165) is 66.8 Å². The molecule has 0 aliphatic carbocycles. The second-order valence-corrected chi connectivity index (χ2v) is 14.6. The van der Waals surface area contributed by atoms with Gasteiger partial charge in [0.25, 0.3) is 0 Å². The molecule has 0 amide bonds. The second kappa shape index (κ2) is 12.3. The molecule has 5 heteroatoms. The molecular weight excluding hydrogens is 681 g/mol. The van der Waals surface area contributed by atoms with Gasteiger partial charge in [0.15, 0.2) is 5.58 Å². The van der Waals surface area contributed by atoms with Crippen molar-refractivity contribution in [1.82, 2.24) is 4.98 Å². The van der Waals surface area contributed by atoms with E-state index < -0.39 is 0 Å². The van der Waals surface area contributed by atoms with E-state index in [0.29, 0.717) is 5.89 Å². The summed E-state index contributed by atoms with van der Waals surface area (Å²) in [5, 5.41) is 4.61. The van der Waals surface area contributed by atoms with Gasteiger partial charge in [-0.1, -0.05) is 109 Å². The number of thiophene rings is 1. The molecule has 0 radical (unpaired) electrons. The summed E-state index contributed by atoms with van der Waals surface area (Å²) >= 11 is 1.84. The minimum atomic E-state index is 0.605. The molecule has 11 aromatic rings. The minimum Gasteiger partial charge on any atom is -0.455 e. The third-order valence-corrected chi connectivity index (χ3v) is 11.5. The Kier molecular flexibility index (Phi) is 7.00. The first-order valence-corrected chi connectivity index (χ1v) is 18.8. The van der Waals surface area contributed by atoms with Gasteiger partial charge in [-0.05, 0) is 83.4 Å². The van der Waals surface area contributed by atoms with Crippen LogP contribution in [0, 0.1) is 0 Å². The molecule has 0 aliphatic rings. The zero-order chi connectivity index (χ0) is 35.6. The van der Waals surface area contributed by atoms with Crippen LogP contribution in [0.3, 0.4) is 0 Å². The first kappa shape index (κ1) is 30.7. The van der Waals surface area contributed by atoms with Gasteiger partial charge in [0.2, 0.25) is 5.89 Å². The van der Waals surface area contributed by atoms with Gasteiger partial charge in [-0.25, -0.2) is 4.98 Å². The topological polar surface area (TPSA) is 42.4 Å². The summed E-state index contributed by atoms with van der Waals surface area (Å²) in [6.07, 6.45) is 0. The molecule has 0 unspecified atom stereocenters. The molecule has 0 spiro atoms. The Bertz CT molecular complexity index is 3140.